The van der Waals surface area contributed by atoms with E-state index < -0.39 is 0 Å². The summed E-state index contributed by atoms with van der Waals surface area (Å²) in [6, 6.07) is 7.77. The normalized spacial score (nSPS) is 34.3. The number of nitrogens with zero attached hydrogens (tertiary/aromatic N) is 1. The van der Waals surface area contributed by atoms with Gasteiger partial charge in [0, 0.05) is 30.2 Å². The molecule has 0 aromatic heterocycles. The Morgan fingerprint density at radius 3 is 3.21 bits per heavy atom. The van der Waals surface area contributed by atoms with Crippen LogP contribution in [0, 0.1) is 5.92 Å². The fourth-order valence-corrected chi connectivity index (χ4v) is 4.59. The van der Waals surface area contributed by atoms with Crippen LogP contribution in [-0.2, 0) is 6.42 Å². The summed E-state index contributed by atoms with van der Waals surface area (Å²) in [6.45, 7) is 3.66. The first-order valence-electron chi connectivity index (χ1n) is 7.57. The molecule has 0 saturated carbocycles. The Balaban J connectivity index is 1.67. The molecule has 3 aliphatic heterocycles. The molecular formula is C16H21ClN2. The van der Waals surface area contributed by atoms with Gasteiger partial charge in [-0.3, -0.25) is 4.90 Å². The van der Waals surface area contributed by atoms with E-state index in [1.54, 1.807) is 0 Å². The first-order chi connectivity index (χ1) is 9.33. The van der Waals surface area contributed by atoms with Gasteiger partial charge in [-0.25, -0.2) is 0 Å². The minimum Gasteiger partial charge on any atom is -0.314 e. The lowest BCUT2D eigenvalue weighted by atomic mass is 9.77. The topological polar surface area (TPSA) is 15.3 Å². The quantitative estimate of drug-likeness (QED) is 0.784. The highest BCUT2D eigenvalue weighted by Crippen LogP contribution is 2.41. The summed E-state index contributed by atoms with van der Waals surface area (Å²) in [4.78, 5) is 2.70. The molecule has 3 atom stereocenters. The van der Waals surface area contributed by atoms with Crippen LogP contribution >= 0.6 is 11.6 Å². The van der Waals surface area contributed by atoms with Gasteiger partial charge in [-0.1, -0.05) is 23.7 Å². The highest BCUT2D eigenvalue weighted by atomic mass is 35.5. The second kappa shape index (κ2) is 4.76. The molecule has 2 fully saturated rings. The zero-order valence-corrected chi connectivity index (χ0v) is 12.0. The van der Waals surface area contributed by atoms with Crippen LogP contribution in [0.5, 0.6) is 0 Å². The first-order valence-corrected chi connectivity index (χ1v) is 7.95. The molecule has 19 heavy (non-hydrogen) atoms. The summed E-state index contributed by atoms with van der Waals surface area (Å²) in [5.74, 6) is 0.866. The van der Waals surface area contributed by atoms with Crippen molar-refractivity contribution >= 4 is 11.6 Å². The van der Waals surface area contributed by atoms with Crippen molar-refractivity contribution in [1.29, 1.82) is 0 Å². The van der Waals surface area contributed by atoms with Crippen LogP contribution in [0.15, 0.2) is 18.2 Å². The molecule has 0 radical (unpaired) electrons. The second-order valence-corrected chi connectivity index (χ2v) is 6.67. The Morgan fingerprint density at radius 2 is 2.26 bits per heavy atom. The number of benzene rings is 1. The van der Waals surface area contributed by atoms with E-state index in [0.717, 1.165) is 23.4 Å². The molecule has 3 unspecified atom stereocenters. The van der Waals surface area contributed by atoms with E-state index in [1.807, 2.05) is 6.07 Å². The van der Waals surface area contributed by atoms with E-state index >= 15 is 0 Å². The molecule has 0 amide bonds. The van der Waals surface area contributed by atoms with Gasteiger partial charge in [0.15, 0.2) is 0 Å². The largest absolute Gasteiger partial charge is 0.314 e. The maximum absolute atomic E-state index is 6.38. The fourth-order valence-electron chi connectivity index (χ4n) is 4.31. The average molecular weight is 277 g/mol. The second-order valence-electron chi connectivity index (χ2n) is 6.27. The van der Waals surface area contributed by atoms with Gasteiger partial charge < -0.3 is 5.32 Å². The van der Waals surface area contributed by atoms with Gasteiger partial charge in [0.2, 0.25) is 0 Å². The summed E-state index contributed by atoms with van der Waals surface area (Å²) in [5, 5.41) is 4.71. The number of nitrogens with one attached hydrogen (secondary N) is 1. The summed E-state index contributed by atoms with van der Waals surface area (Å²) in [6.07, 6.45) is 5.14. The van der Waals surface area contributed by atoms with E-state index in [9.17, 15) is 0 Å². The van der Waals surface area contributed by atoms with Crippen molar-refractivity contribution in [2.24, 2.45) is 5.92 Å². The standard InChI is InChI=1S/C16H21ClN2/c17-14-5-1-4-13-12(14)6-8-19-10-11-3-2-7-18-15(11)9-16(13)19/h1,4-5,11,15-16,18H,2-3,6-10H2. The van der Waals surface area contributed by atoms with Crippen molar-refractivity contribution in [3.8, 4) is 0 Å². The third-order valence-corrected chi connectivity index (χ3v) is 5.63. The molecule has 0 bridgehead atoms. The molecule has 1 aromatic carbocycles. The zero-order chi connectivity index (χ0) is 12.8. The lowest BCUT2D eigenvalue weighted by molar-refractivity contribution is 0.0552. The number of piperidine rings is 2. The number of hydrogen-bond acceptors (Lipinski definition) is 2. The molecule has 3 heteroatoms. The number of rotatable bonds is 0. The molecule has 1 aromatic rings. The monoisotopic (exact) mass is 276 g/mol. The van der Waals surface area contributed by atoms with Gasteiger partial charge in [-0.15, -0.1) is 0 Å². The van der Waals surface area contributed by atoms with Gasteiger partial charge in [0.25, 0.3) is 0 Å². The van der Waals surface area contributed by atoms with Crippen LogP contribution in [-0.4, -0.2) is 30.6 Å². The summed E-state index contributed by atoms with van der Waals surface area (Å²) in [7, 11) is 0. The average Bonchev–Trinajstić information content (AvgIpc) is 2.45. The fraction of sp³-hybridized carbons (Fsp3) is 0.625. The Hall–Kier alpha value is -0.570. The van der Waals surface area contributed by atoms with Gasteiger partial charge in [0.1, 0.15) is 0 Å². The van der Waals surface area contributed by atoms with Crippen LogP contribution in [0.25, 0.3) is 0 Å². The molecule has 1 N–H and O–H groups in total. The first kappa shape index (κ1) is 12.2. The van der Waals surface area contributed by atoms with E-state index in [2.05, 4.69) is 22.3 Å². The Labute approximate surface area is 120 Å². The van der Waals surface area contributed by atoms with Gasteiger partial charge in [0.05, 0.1) is 0 Å². The van der Waals surface area contributed by atoms with E-state index in [4.69, 9.17) is 11.6 Å². The number of hydrogen-bond donors (Lipinski definition) is 1. The Morgan fingerprint density at radius 1 is 1.32 bits per heavy atom. The molecule has 2 saturated heterocycles. The number of halogens is 1. The molecule has 102 valence electrons. The molecular weight excluding hydrogens is 256 g/mol. The lowest BCUT2D eigenvalue weighted by Gasteiger charge is -2.49. The molecule has 0 spiro atoms. The minimum absolute atomic E-state index is 0.592. The Bertz CT molecular complexity index is 488. The SMILES string of the molecule is Clc1cccc2c1CCN1CC3CCCNC3CC21. The van der Waals surface area contributed by atoms with Gasteiger partial charge in [-0.2, -0.15) is 0 Å². The van der Waals surface area contributed by atoms with Crippen LogP contribution < -0.4 is 5.32 Å². The predicted octanol–water partition coefficient (Wildman–Crippen LogP) is 3.01. The summed E-state index contributed by atoms with van der Waals surface area (Å²) >= 11 is 6.38. The molecule has 0 aliphatic carbocycles. The maximum Gasteiger partial charge on any atom is 0.0441 e. The third-order valence-electron chi connectivity index (χ3n) is 5.28. The lowest BCUT2D eigenvalue weighted by Crippen LogP contribution is -2.54. The van der Waals surface area contributed by atoms with Crippen molar-refractivity contribution in [2.75, 3.05) is 19.6 Å². The van der Waals surface area contributed by atoms with Crippen LogP contribution in [0.2, 0.25) is 5.02 Å². The third kappa shape index (κ3) is 2.01. The van der Waals surface area contributed by atoms with E-state index in [1.165, 1.54) is 50.0 Å². The molecule has 2 nitrogen and oxygen atoms in total. The molecule has 3 heterocycles. The highest BCUT2D eigenvalue weighted by molar-refractivity contribution is 6.31. The van der Waals surface area contributed by atoms with E-state index in [0.29, 0.717) is 6.04 Å². The highest BCUT2D eigenvalue weighted by Gasteiger charge is 2.39. The van der Waals surface area contributed by atoms with Crippen molar-refractivity contribution in [3.63, 3.8) is 0 Å². The minimum atomic E-state index is 0.592. The van der Waals surface area contributed by atoms with Gasteiger partial charge in [-0.05, 0) is 55.3 Å². The maximum atomic E-state index is 6.38. The predicted molar refractivity (Wildman–Crippen MR) is 78.6 cm³/mol. The smallest absolute Gasteiger partial charge is 0.0441 e. The summed E-state index contributed by atoms with van der Waals surface area (Å²) < 4.78 is 0. The number of fused-ring (bicyclic) bond motifs is 4. The molecule has 4 rings (SSSR count). The Kier molecular flexibility index (Phi) is 3.06. The van der Waals surface area contributed by atoms with Crippen LogP contribution in [0.4, 0.5) is 0 Å². The van der Waals surface area contributed by atoms with Crippen LogP contribution in [0.1, 0.15) is 36.4 Å². The van der Waals surface area contributed by atoms with Crippen molar-refractivity contribution in [2.45, 2.75) is 37.8 Å². The van der Waals surface area contributed by atoms with Crippen molar-refractivity contribution < 1.29 is 0 Å². The van der Waals surface area contributed by atoms with Crippen LogP contribution in [0.3, 0.4) is 0 Å². The van der Waals surface area contributed by atoms with Gasteiger partial charge >= 0.3 is 0 Å². The summed E-state index contributed by atoms with van der Waals surface area (Å²) in [5.41, 5.74) is 2.89. The van der Waals surface area contributed by atoms with Crippen molar-refractivity contribution in [1.82, 2.24) is 10.2 Å². The van der Waals surface area contributed by atoms with E-state index in [-0.39, 0.29) is 0 Å². The van der Waals surface area contributed by atoms with Crippen molar-refractivity contribution in [3.05, 3.63) is 34.3 Å². The zero-order valence-electron chi connectivity index (χ0n) is 11.2. The molecule has 3 aliphatic rings.